The molecule has 7 heteroatoms. The lowest BCUT2D eigenvalue weighted by molar-refractivity contribution is -0.118. The minimum atomic E-state index is -3.69. The Labute approximate surface area is 187 Å². The number of aryl methyl sites for hydroxylation is 2. The van der Waals surface area contributed by atoms with Crippen molar-refractivity contribution in [3.05, 3.63) is 70.7 Å². The highest BCUT2D eigenvalue weighted by Crippen LogP contribution is 2.29. The Bertz CT molecular complexity index is 1180. The summed E-state index contributed by atoms with van der Waals surface area (Å²) < 4.78 is 26.1. The van der Waals surface area contributed by atoms with Crippen LogP contribution in [0.4, 0.5) is 5.69 Å². The first-order valence-electron chi connectivity index (χ1n) is 10.5. The van der Waals surface area contributed by atoms with E-state index in [9.17, 15) is 13.2 Å². The van der Waals surface area contributed by atoms with Crippen LogP contribution >= 0.6 is 11.3 Å². The van der Waals surface area contributed by atoms with Gasteiger partial charge in [-0.3, -0.25) is 4.79 Å². The molecule has 5 nitrogen and oxygen atoms in total. The van der Waals surface area contributed by atoms with Gasteiger partial charge in [0.25, 0.3) is 0 Å². The number of nitrogens with zero attached hydrogens (tertiary/aromatic N) is 2. The van der Waals surface area contributed by atoms with Crippen molar-refractivity contribution >= 4 is 32.8 Å². The number of rotatable bonds is 6. The number of thiazole rings is 1. The number of sulfone groups is 1. The first-order valence-corrected chi connectivity index (χ1v) is 13.1. The average molecular weight is 455 g/mol. The number of hydrogen-bond acceptors (Lipinski definition) is 5. The smallest absolute Gasteiger partial charge is 0.245 e. The Morgan fingerprint density at radius 3 is 2.65 bits per heavy atom. The van der Waals surface area contributed by atoms with Crippen LogP contribution < -0.4 is 4.90 Å². The van der Waals surface area contributed by atoms with E-state index >= 15 is 0 Å². The van der Waals surface area contributed by atoms with Gasteiger partial charge in [-0.25, -0.2) is 13.4 Å². The van der Waals surface area contributed by atoms with Crippen molar-refractivity contribution in [1.29, 1.82) is 0 Å². The maximum Gasteiger partial charge on any atom is 0.245 e. The molecule has 4 rings (SSSR count). The molecular weight excluding hydrogens is 428 g/mol. The van der Waals surface area contributed by atoms with Crippen LogP contribution in [-0.4, -0.2) is 31.1 Å². The molecule has 162 valence electrons. The molecular formula is C24H26N2O3S2. The molecule has 1 aliphatic rings. The monoisotopic (exact) mass is 454 g/mol. The molecule has 1 unspecified atom stereocenters. The molecule has 0 saturated carbocycles. The van der Waals surface area contributed by atoms with Gasteiger partial charge in [0.05, 0.1) is 11.4 Å². The quantitative estimate of drug-likeness (QED) is 0.543. The zero-order valence-corrected chi connectivity index (χ0v) is 19.4. The van der Waals surface area contributed by atoms with Crippen LogP contribution in [0.25, 0.3) is 10.6 Å². The second-order valence-corrected chi connectivity index (χ2v) is 11.0. The van der Waals surface area contributed by atoms with Crippen LogP contribution in [0.1, 0.15) is 37.1 Å². The van der Waals surface area contributed by atoms with Gasteiger partial charge in [0.2, 0.25) is 5.91 Å². The molecule has 1 atom stereocenters. The Balaban J connectivity index is 1.50. The molecule has 0 spiro atoms. The molecule has 2 heterocycles. The van der Waals surface area contributed by atoms with Gasteiger partial charge in [0, 0.05) is 23.2 Å². The van der Waals surface area contributed by atoms with E-state index in [0.29, 0.717) is 12.2 Å². The number of aromatic nitrogens is 1. The Morgan fingerprint density at radius 1 is 1.16 bits per heavy atom. The standard InChI is InChI=1S/C24H26N2O3S2/c1-3-18-10-12-20(13-11-18)23-25-21(15-30-23)16-31(28,29)17(2)24(27)26-14-6-8-19-7-4-5-9-22(19)26/h4-5,7,9-13,15,17H,3,6,8,14,16H2,1-2H3. The predicted octanol–water partition coefficient (Wildman–Crippen LogP) is 4.66. The van der Waals surface area contributed by atoms with Crippen LogP contribution in [0.3, 0.4) is 0 Å². The van der Waals surface area contributed by atoms with Crippen LogP contribution in [0, 0.1) is 0 Å². The molecule has 2 aromatic carbocycles. The molecule has 1 aliphatic heterocycles. The number of fused-ring (bicyclic) bond motifs is 1. The van der Waals surface area contributed by atoms with Crippen LogP contribution in [-0.2, 0) is 33.2 Å². The van der Waals surface area contributed by atoms with E-state index in [1.54, 1.807) is 10.3 Å². The summed E-state index contributed by atoms with van der Waals surface area (Å²) in [5.41, 5.74) is 4.62. The van der Waals surface area contributed by atoms with Gasteiger partial charge >= 0.3 is 0 Å². The second-order valence-electron chi connectivity index (χ2n) is 7.87. The third-order valence-electron chi connectivity index (χ3n) is 5.77. The van der Waals surface area contributed by atoms with Crippen molar-refractivity contribution in [2.75, 3.05) is 11.4 Å². The van der Waals surface area contributed by atoms with Crippen molar-refractivity contribution < 1.29 is 13.2 Å². The lowest BCUT2D eigenvalue weighted by Crippen LogP contribution is -2.44. The summed E-state index contributed by atoms with van der Waals surface area (Å²) in [6.45, 7) is 4.14. The summed E-state index contributed by atoms with van der Waals surface area (Å²) >= 11 is 1.42. The summed E-state index contributed by atoms with van der Waals surface area (Å²) in [4.78, 5) is 19.3. The van der Waals surface area contributed by atoms with E-state index in [1.165, 1.54) is 23.8 Å². The van der Waals surface area contributed by atoms with Gasteiger partial charge in [-0.05, 0) is 43.4 Å². The fourth-order valence-corrected chi connectivity index (χ4v) is 6.03. The van der Waals surface area contributed by atoms with Gasteiger partial charge < -0.3 is 4.90 Å². The Kier molecular flexibility index (Phi) is 6.25. The highest BCUT2D eigenvalue weighted by molar-refractivity contribution is 7.92. The highest BCUT2D eigenvalue weighted by Gasteiger charge is 2.34. The SMILES string of the molecule is CCc1ccc(-c2nc(CS(=O)(=O)C(C)C(=O)N3CCCc4ccccc43)cs2)cc1. The number of para-hydroxylation sites is 1. The van der Waals surface area contributed by atoms with E-state index in [4.69, 9.17) is 0 Å². The van der Waals surface area contributed by atoms with E-state index in [1.807, 2.05) is 36.4 Å². The highest BCUT2D eigenvalue weighted by atomic mass is 32.2. The topological polar surface area (TPSA) is 67.3 Å². The molecule has 0 aliphatic carbocycles. The molecule has 0 fully saturated rings. The molecule has 3 aromatic rings. The maximum atomic E-state index is 13.1. The summed E-state index contributed by atoms with van der Waals surface area (Å²) in [7, 11) is -3.69. The van der Waals surface area contributed by atoms with E-state index in [-0.39, 0.29) is 11.7 Å². The number of amides is 1. The fraction of sp³-hybridized carbons (Fsp3) is 0.333. The van der Waals surface area contributed by atoms with Gasteiger partial charge in [-0.15, -0.1) is 11.3 Å². The molecule has 0 bridgehead atoms. The average Bonchev–Trinajstić information content (AvgIpc) is 3.25. The van der Waals surface area contributed by atoms with E-state index < -0.39 is 15.1 Å². The van der Waals surface area contributed by atoms with Crippen LogP contribution in [0.15, 0.2) is 53.9 Å². The van der Waals surface area contributed by atoms with Crippen LogP contribution in [0.2, 0.25) is 0 Å². The minimum Gasteiger partial charge on any atom is -0.311 e. The minimum absolute atomic E-state index is 0.237. The number of anilines is 1. The lowest BCUT2D eigenvalue weighted by atomic mass is 10.0. The van der Waals surface area contributed by atoms with Crippen molar-refractivity contribution in [3.8, 4) is 10.6 Å². The third kappa shape index (κ3) is 4.57. The maximum absolute atomic E-state index is 13.1. The molecule has 31 heavy (non-hydrogen) atoms. The molecule has 0 saturated heterocycles. The van der Waals surface area contributed by atoms with Crippen LogP contribution in [0.5, 0.6) is 0 Å². The summed E-state index contributed by atoms with van der Waals surface area (Å²) in [6, 6.07) is 15.9. The predicted molar refractivity (Wildman–Crippen MR) is 126 cm³/mol. The molecule has 0 radical (unpaired) electrons. The van der Waals surface area contributed by atoms with E-state index in [0.717, 1.165) is 41.1 Å². The Hall–Kier alpha value is -2.51. The van der Waals surface area contributed by atoms with Crippen molar-refractivity contribution in [3.63, 3.8) is 0 Å². The molecule has 0 N–H and O–H groups in total. The van der Waals surface area contributed by atoms with Gasteiger partial charge in [-0.2, -0.15) is 0 Å². The Morgan fingerprint density at radius 2 is 1.90 bits per heavy atom. The largest absolute Gasteiger partial charge is 0.311 e. The van der Waals surface area contributed by atoms with Gasteiger partial charge in [0.15, 0.2) is 9.84 Å². The van der Waals surface area contributed by atoms with Gasteiger partial charge in [-0.1, -0.05) is 49.4 Å². The first kappa shape index (κ1) is 21.7. The van der Waals surface area contributed by atoms with Gasteiger partial charge in [0.1, 0.15) is 10.3 Å². The van der Waals surface area contributed by atoms with Crippen molar-refractivity contribution in [1.82, 2.24) is 4.98 Å². The first-order chi connectivity index (χ1) is 14.9. The number of carbonyl (C=O) groups is 1. The molecule has 1 amide bonds. The number of benzene rings is 2. The van der Waals surface area contributed by atoms with E-state index in [2.05, 4.69) is 24.0 Å². The van der Waals surface area contributed by atoms with Crippen molar-refractivity contribution in [2.45, 2.75) is 44.1 Å². The zero-order valence-electron chi connectivity index (χ0n) is 17.7. The normalized spacial score (nSPS) is 14.8. The third-order valence-corrected chi connectivity index (χ3v) is 8.69. The zero-order chi connectivity index (χ0) is 22.0. The fourth-order valence-electron chi connectivity index (χ4n) is 3.86. The summed E-state index contributed by atoms with van der Waals surface area (Å²) in [5.74, 6) is -0.600. The molecule has 1 aromatic heterocycles. The summed E-state index contributed by atoms with van der Waals surface area (Å²) in [6.07, 6.45) is 2.71. The van der Waals surface area contributed by atoms with Crippen molar-refractivity contribution in [2.24, 2.45) is 0 Å². The number of carbonyl (C=O) groups excluding carboxylic acids is 1. The lowest BCUT2D eigenvalue weighted by Gasteiger charge is -2.31. The number of hydrogen-bond donors (Lipinski definition) is 0. The summed E-state index contributed by atoms with van der Waals surface area (Å²) in [5, 5.41) is 1.44. The second kappa shape index (κ2) is 8.93.